The number of carbonyl (C=O) groups is 2. The Kier molecular flexibility index (Phi) is 5.16. The molecule has 0 saturated heterocycles. The minimum Gasteiger partial charge on any atom is -0.350 e. The maximum absolute atomic E-state index is 11.7. The van der Waals surface area contributed by atoms with Gasteiger partial charge in [0.05, 0.1) is 0 Å². The molecule has 2 N–H and O–H groups in total. The van der Waals surface area contributed by atoms with Gasteiger partial charge < -0.3 is 10.6 Å². The number of nitrogens with one attached hydrogen (secondary N) is 2. The van der Waals surface area contributed by atoms with Crippen LogP contribution in [0.5, 0.6) is 0 Å². The molecule has 1 unspecified atom stereocenters. The van der Waals surface area contributed by atoms with Gasteiger partial charge in [0.2, 0.25) is 5.91 Å². The molecule has 4 nitrogen and oxygen atoms in total. The van der Waals surface area contributed by atoms with Crippen LogP contribution in [0.2, 0.25) is 0 Å². The van der Waals surface area contributed by atoms with E-state index in [1.165, 1.54) is 0 Å². The monoisotopic (exact) mass is 268 g/mol. The molecule has 0 heterocycles. The van der Waals surface area contributed by atoms with Crippen molar-refractivity contribution in [1.29, 1.82) is 0 Å². The number of amides is 2. The van der Waals surface area contributed by atoms with Gasteiger partial charge in [0.15, 0.2) is 0 Å². The average Bonchev–Trinajstić information content (AvgIpc) is 2.28. The van der Waals surface area contributed by atoms with Crippen molar-refractivity contribution in [3.05, 3.63) is 29.8 Å². The Bertz CT molecular complexity index is 427. The molecule has 0 spiro atoms. The molecule has 18 heavy (non-hydrogen) atoms. The van der Waals surface area contributed by atoms with Crippen LogP contribution in [0.25, 0.3) is 0 Å². The molecule has 0 saturated carbocycles. The molecule has 1 rings (SSSR count). The van der Waals surface area contributed by atoms with Gasteiger partial charge in [-0.25, -0.2) is 0 Å². The first-order valence-corrected chi connectivity index (χ1v) is 6.19. The predicted octanol–water partition coefficient (Wildman–Crippen LogP) is 2.39. The summed E-state index contributed by atoms with van der Waals surface area (Å²) in [6, 6.07) is 6.76. The summed E-state index contributed by atoms with van der Waals surface area (Å²) in [5.41, 5.74) is 1.18. The number of benzene rings is 1. The lowest BCUT2D eigenvalue weighted by molar-refractivity contribution is -0.115. The summed E-state index contributed by atoms with van der Waals surface area (Å²) in [4.78, 5) is 23.0. The summed E-state index contributed by atoms with van der Waals surface area (Å²) in [5, 5.41) is 4.85. The van der Waals surface area contributed by atoms with Crippen LogP contribution in [0.3, 0.4) is 0 Å². The summed E-state index contributed by atoms with van der Waals surface area (Å²) >= 11 is 5.64. The van der Waals surface area contributed by atoms with Crippen molar-refractivity contribution < 1.29 is 9.59 Å². The van der Waals surface area contributed by atoms with E-state index in [9.17, 15) is 9.59 Å². The molecule has 0 radical (unpaired) electrons. The number of rotatable bonds is 4. The van der Waals surface area contributed by atoms with Crippen LogP contribution in [0.4, 0.5) is 5.69 Å². The van der Waals surface area contributed by atoms with Gasteiger partial charge >= 0.3 is 0 Å². The van der Waals surface area contributed by atoms with Crippen molar-refractivity contribution in [2.75, 3.05) is 5.32 Å². The summed E-state index contributed by atoms with van der Waals surface area (Å²) in [6.45, 7) is 5.39. The van der Waals surface area contributed by atoms with Crippen LogP contribution in [0, 0.1) is 0 Å². The van der Waals surface area contributed by atoms with Gasteiger partial charge in [0, 0.05) is 17.3 Å². The van der Waals surface area contributed by atoms with E-state index in [0.717, 1.165) is 0 Å². The number of carbonyl (C=O) groups excluding carboxylic acids is 2. The Hall–Kier alpha value is -1.55. The molecule has 1 aromatic rings. The second-order valence-corrected chi connectivity index (χ2v) is 4.97. The number of hydrogen-bond donors (Lipinski definition) is 2. The van der Waals surface area contributed by atoms with Crippen molar-refractivity contribution in [2.24, 2.45) is 0 Å². The van der Waals surface area contributed by atoms with Gasteiger partial charge in [-0.05, 0) is 45.0 Å². The maximum atomic E-state index is 11.7. The van der Waals surface area contributed by atoms with Gasteiger partial charge in [0.1, 0.15) is 5.38 Å². The molecule has 0 aliphatic rings. The highest BCUT2D eigenvalue weighted by Gasteiger charge is 2.10. The van der Waals surface area contributed by atoms with Gasteiger partial charge in [-0.1, -0.05) is 0 Å². The molecule has 0 fully saturated rings. The molecular formula is C13H17ClN2O2. The van der Waals surface area contributed by atoms with Crippen LogP contribution in [0.1, 0.15) is 31.1 Å². The second kappa shape index (κ2) is 6.40. The number of anilines is 1. The Labute approximate surface area is 112 Å². The van der Waals surface area contributed by atoms with Gasteiger partial charge in [-0.3, -0.25) is 9.59 Å². The molecule has 0 aliphatic carbocycles. The summed E-state index contributed by atoms with van der Waals surface area (Å²) in [7, 11) is 0. The molecule has 0 bridgehead atoms. The second-order valence-electron chi connectivity index (χ2n) is 4.31. The highest BCUT2D eigenvalue weighted by atomic mass is 35.5. The SMILES string of the molecule is CC(C)NC(=O)c1ccc(NC(=O)C(C)Cl)cc1. The van der Waals surface area contributed by atoms with Gasteiger partial charge in [-0.2, -0.15) is 0 Å². The zero-order chi connectivity index (χ0) is 13.7. The maximum Gasteiger partial charge on any atom is 0.251 e. The first-order valence-electron chi connectivity index (χ1n) is 5.76. The fraction of sp³-hybridized carbons (Fsp3) is 0.385. The average molecular weight is 269 g/mol. The van der Waals surface area contributed by atoms with Crippen molar-refractivity contribution in [3.8, 4) is 0 Å². The van der Waals surface area contributed by atoms with Crippen LogP contribution in [0.15, 0.2) is 24.3 Å². The van der Waals surface area contributed by atoms with E-state index in [0.29, 0.717) is 11.3 Å². The fourth-order valence-electron chi connectivity index (χ4n) is 1.29. The molecule has 1 atom stereocenters. The topological polar surface area (TPSA) is 58.2 Å². The zero-order valence-corrected chi connectivity index (χ0v) is 11.4. The van der Waals surface area contributed by atoms with Crippen molar-refractivity contribution in [1.82, 2.24) is 5.32 Å². The van der Waals surface area contributed by atoms with Crippen molar-refractivity contribution in [2.45, 2.75) is 32.2 Å². The Morgan fingerprint density at radius 2 is 1.67 bits per heavy atom. The summed E-state index contributed by atoms with van der Waals surface area (Å²) in [6.07, 6.45) is 0. The predicted molar refractivity (Wildman–Crippen MR) is 73.0 cm³/mol. The van der Waals surface area contributed by atoms with E-state index in [2.05, 4.69) is 10.6 Å². The molecule has 2 amide bonds. The molecule has 1 aromatic carbocycles. The zero-order valence-electron chi connectivity index (χ0n) is 10.7. The molecular weight excluding hydrogens is 252 g/mol. The van der Waals surface area contributed by atoms with E-state index in [1.807, 2.05) is 13.8 Å². The Morgan fingerprint density at radius 1 is 1.11 bits per heavy atom. The van der Waals surface area contributed by atoms with Crippen LogP contribution < -0.4 is 10.6 Å². The van der Waals surface area contributed by atoms with Gasteiger partial charge in [-0.15, -0.1) is 11.6 Å². The molecule has 5 heteroatoms. The van der Waals surface area contributed by atoms with Crippen molar-refractivity contribution in [3.63, 3.8) is 0 Å². The summed E-state index contributed by atoms with van der Waals surface area (Å²) < 4.78 is 0. The molecule has 98 valence electrons. The highest BCUT2D eigenvalue weighted by Crippen LogP contribution is 2.11. The lowest BCUT2D eigenvalue weighted by atomic mass is 10.2. The lowest BCUT2D eigenvalue weighted by Crippen LogP contribution is -2.30. The first kappa shape index (κ1) is 14.5. The molecule has 0 aliphatic heterocycles. The third-order valence-electron chi connectivity index (χ3n) is 2.20. The van der Waals surface area contributed by atoms with Crippen LogP contribution in [-0.2, 0) is 4.79 Å². The summed E-state index contributed by atoms with van der Waals surface area (Å²) in [5.74, 6) is -0.398. The van der Waals surface area contributed by atoms with E-state index in [1.54, 1.807) is 31.2 Å². The van der Waals surface area contributed by atoms with E-state index < -0.39 is 5.38 Å². The fourth-order valence-corrected chi connectivity index (χ4v) is 1.35. The lowest BCUT2D eigenvalue weighted by Gasteiger charge is -2.09. The smallest absolute Gasteiger partial charge is 0.251 e. The first-order chi connectivity index (χ1) is 8.40. The minimum absolute atomic E-state index is 0.0916. The number of hydrogen-bond acceptors (Lipinski definition) is 2. The Balaban J connectivity index is 2.68. The Morgan fingerprint density at radius 3 is 2.11 bits per heavy atom. The molecule has 0 aromatic heterocycles. The quantitative estimate of drug-likeness (QED) is 0.824. The third-order valence-corrected chi connectivity index (χ3v) is 2.39. The highest BCUT2D eigenvalue weighted by molar-refractivity contribution is 6.32. The van der Waals surface area contributed by atoms with Crippen LogP contribution >= 0.6 is 11.6 Å². The van der Waals surface area contributed by atoms with E-state index >= 15 is 0 Å². The minimum atomic E-state index is -0.589. The van der Waals surface area contributed by atoms with Gasteiger partial charge in [0.25, 0.3) is 5.91 Å². The third kappa shape index (κ3) is 4.37. The largest absolute Gasteiger partial charge is 0.350 e. The number of halogens is 1. The standard InChI is InChI=1S/C13H17ClN2O2/c1-8(2)15-13(18)10-4-6-11(7-5-10)16-12(17)9(3)14/h4-9H,1-3H3,(H,15,18)(H,16,17). The van der Waals surface area contributed by atoms with E-state index in [-0.39, 0.29) is 17.9 Å². The van der Waals surface area contributed by atoms with Crippen molar-refractivity contribution >= 4 is 29.1 Å². The van der Waals surface area contributed by atoms with E-state index in [4.69, 9.17) is 11.6 Å². The number of alkyl halides is 1. The van der Waals surface area contributed by atoms with Crippen LogP contribution in [-0.4, -0.2) is 23.2 Å². The normalized spacial score (nSPS) is 12.1.